The van der Waals surface area contributed by atoms with Gasteiger partial charge in [-0.15, -0.1) is 11.3 Å². The Morgan fingerprint density at radius 3 is 2.97 bits per heavy atom. The summed E-state index contributed by atoms with van der Waals surface area (Å²) in [6, 6.07) is 5.55. The number of hydrogen-bond donors (Lipinski definition) is 2. The monoisotopic (exact) mass is 465 g/mol. The van der Waals surface area contributed by atoms with E-state index in [1.54, 1.807) is 12.3 Å². The van der Waals surface area contributed by atoms with Crippen molar-refractivity contribution in [1.82, 2.24) is 15.3 Å². The van der Waals surface area contributed by atoms with Crippen LogP contribution in [0.4, 0.5) is 15.8 Å². The molecule has 1 spiro atoms. The molecule has 3 aliphatic rings. The van der Waals surface area contributed by atoms with E-state index in [2.05, 4.69) is 20.2 Å². The highest BCUT2D eigenvalue weighted by molar-refractivity contribution is 7.21. The summed E-state index contributed by atoms with van der Waals surface area (Å²) in [4.78, 5) is 24.8. The largest absolute Gasteiger partial charge is 0.396 e. The molecule has 3 fully saturated rings. The number of fused-ring (bicyclic) bond motifs is 1. The van der Waals surface area contributed by atoms with Gasteiger partial charge in [-0.05, 0) is 67.1 Å². The summed E-state index contributed by atoms with van der Waals surface area (Å²) in [6.07, 6.45) is 5.63. The summed E-state index contributed by atoms with van der Waals surface area (Å²) in [5, 5.41) is 2.94. The number of halogens is 1. The quantitative estimate of drug-likeness (QED) is 0.580. The minimum Gasteiger partial charge on any atom is -0.396 e. The van der Waals surface area contributed by atoms with Crippen molar-refractivity contribution in [2.45, 2.75) is 39.0 Å². The number of hydrogen-bond acceptors (Lipinski definition) is 6. The predicted octanol–water partition coefficient (Wildman–Crippen LogP) is 4.49. The number of anilines is 2. The topological polar surface area (TPSA) is 84.1 Å². The van der Waals surface area contributed by atoms with E-state index in [1.165, 1.54) is 30.6 Å². The number of rotatable bonds is 5. The molecular weight excluding hydrogens is 437 g/mol. The van der Waals surface area contributed by atoms with Crippen LogP contribution >= 0.6 is 11.3 Å². The second-order valence-electron chi connectivity index (χ2n) is 10.1. The summed E-state index contributed by atoms with van der Waals surface area (Å²) in [6.45, 7) is 6.22. The summed E-state index contributed by atoms with van der Waals surface area (Å²) >= 11 is 1.25. The van der Waals surface area contributed by atoms with Gasteiger partial charge in [0, 0.05) is 25.8 Å². The Morgan fingerprint density at radius 1 is 1.42 bits per heavy atom. The molecule has 3 heterocycles. The highest BCUT2D eigenvalue weighted by Gasteiger charge is 2.64. The number of amides is 1. The molecule has 4 atom stereocenters. The van der Waals surface area contributed by atoms with E-state index in [9.17, 15) is 4.79 Å². The first-order valence-corrected chi connectivity index (χ1v) is 12.5. The molecule has 2 aromatic heterocycles. The zero-order valence-corrected chi connectivity index (χ0v) is 19.7. The lowest BCUT2D eigenvalue weighted by atomic mass is 9.43. The number of nitrogen functional groups attached to an aromatic ring is 1. The van der Waals surface area contributed by atoms with E-state index in [-0.39, 0.29) is 17.6 Å². The van der Waals surface area contributed by atoms with Gasteiger partial charge in [0.2, 0.25) is 0 Å². The van der Waals surface area contributed by atoms with Crippen molar-refractivity contribution >= 4 is 39.0 Å². The summed E-state index contributed by atoms with van der Waals surface area (Å²) in [5.41, 5.74) is 9.92. The smallest absolute Gasteiger partial charge is 0.263 e. The molecule has 1 aliphatic heterocycles. The van der Waals surface area contributed by atoms with Crippen LogP contribution in [0.5, 0.6) is 0 Å². The van der Waals surface area contributed by atoms with Crippen LogP contribution in [-0.4, -0.2) is 35.5 Å². The lowest BCUT2D eigenvalue weighted by Crippen LogP contribution is -2.55. The van der Waals surface area contributed by atoms with E-state index in [0.29, 0.717) is 32.9 Å². The van der Waals surface area contributed by atoms with Crippen LogP contribution < -0.4 is 16.0 Å². The van der Waals surface area contributed by atoms with E-state index in [1.807, 2.05) is 26.0 Å². The molecule has 2 aliphatic carbocycles. The number of nitrogens with one attached hydrogen (secondary N) is 1. The maximum atomic E-state index is 15.1. The number of carbonyl (C=O) groups is 1. The van der Waals surface area contributed by atoms with Crippen molar-refractivity contribution in [3.8, 4) is 0 Å². The maximum Gasteiger partial charge on any atom is 0.263 e. The molecule has 0 bridgehead atoms. The molecule has 0 radical (unpaired) electrons. The molecule has 1 amide bonds. The maximum absolute atomic E-state index is 15.1. The lowest BCUT2D eigenvalue weighted by molar-refractivity contribution is -0.104. The molecule has 3 N–H and O–H groups in total. The number of aromatic nitrogens is 2. The van der Waals surface area contributed by atoms with Crippen molar-refractivity contribution in [3.05, 3.63) is 46.3 Å². The van der Waals surface area contributed by atoms with Crippen LogP contribution in [0.25, 0.3) is 10.3 Å². The molecule has 33 heavy (non-hydrogen) atoms. The fourth-order valence-corrected chi connectivity index (χ4v) is 7.17. The van der Waals surface area contributed by atoms with Gasteiger partial charge in [-0.2, -0.15) is 0 Å². The van der Waals surface area contributed by atoms with Gasteiger partial charge in [0.1, 0.15) is 21.0 Å². The minimum absolute atomic E-state index is 0.0315. The molecule has 3 aromatic rings. The third-order valence-electron chi connectivity index (χ3n) is 8.30. The highest BCUT2D eigenvalue weighted by atomic mass is 32.1. The summed E-state index contributed by atoms with van der Waals surface area (Å²) in [5.74, 6) is 1.18. The second kappa shape index (κ2) is 7.38. The molecule has 6 rings (SSSR count). The van der Waals surface area contributed by atoms with Crippen LogP contribution in [0.2, 0.25) is 0 Å². The van der Waals surface area contributed by atoms with Crippen LogP contribution in [0.1, 0.15) is 53.0 Å². The number of carbonyl (C=O) groups excluding carboxylic acids is 1. The molecule has 6 nitrogen and oxygen atoms in total. The predicted molar refractivity (Wildman–Crippen MR) is 129 cm³/mol. The number of aryl methyl sites for hydroxylation is 1. The van der Waals surface area contributed by atoms with Gasteiger partial charge in [-0.25, -0.2) is 14.4 Å². The van der Waals surface area contributed by atoms with Gasteiger partial charge < -0.3 is 16.0 Å². The number of thiophene rings is 1. The van der Waals surface area contributed by atoms with E-state index in [0.717, 1.165) is 41.9 Å². The molecule has 1 saturated heterocycles. The Morgan fingerprint density at radius 2 is 2.27 bits per heavy atom. The van der Waals surface area contributed by atoms with Crippen LogP contribution in [0.3, 0.4) is 0 Å². The highest BCUT2D eigenvalue weighted by Crippen LogP contribution is 2.67. The Bertz CT molecular complexity index is 1280. The average molecular weight is 466 g/mol. The zero-order valence-electron chi connectivity index (χ0n) is 18.9. The van der Waals surface area contributed by atoms with Gasteiger partial charge in [0.05, 0.1) is 17.1 Å². The first-order chi connectivity index (χ1) is 15.9. The van der Waals surface area contributed by atoms with E-state index >= 15 is 4.39 Å². The van der Waals surface area contributed by atoms with Gasteiger partial charge in [-0.3, -0.25) is 4.79 Å². The fraction of sp³-hybridized carbons (Fsp3) is 0.480. The normalized spacial score (nSPS) is 26.3. The van der Waals surface area contributed by atoms with Gasteiger partial charge in [0.15, 0.2) is 0 Å². The van der Waals surface area contributed by atoms with Crippen molar-refractivity contribution < 1.29 is 9.18 Å². The number of benzene rings is 1. The molecular formula is C25H28FN5OS. The molecule has 3 unspecified atom stereocenters. The summed E-state index contributed by atoms with van der Waals surface area (Å²) in [7, 11) is 0. The van der Waals surface area contributed by atoms with Gasteiger partial charge in [0.25, 0.3) is 5.91 Å². The van der Waals surface area contributed by atoms with Crippen molar-refractivity contribution in [2.75, 3.05) is 30.3 Å². The first-order valence-electron chi connectivity index (χ1n) is 11.7. The molecule has 1 aromatic carbocycles. The average Bonchev–Trinajstić information content (AvgIpc) is 3.32. The molecule has 172 valence electrons. The molecule has 2 saturated carbocycles. The van der Waals surface area contributed by atoms with E-state index < -0.39 is 0 Å². The third kappa shape index (κ3) is 3.14. The second-order valence-corrected chi connectivity index (χ2v) is 11.1. The van der Waals surface area contributed by atoms with Crippen molar-refractivity contribution in [1.29, 1.82) is 0 Å². The third-order valence-corrected chi connectivity index (χ3v) is 9.38. The first kappa shape index (κ1) is 20.8. The zero-order chi connectivity index (χ0) is 22.9. The van der Waals surface area contributed by atoms with Gasteiger partial charge in [-0.1, -0.05) is 13.0 Å². The van der Waals surface area contributed by atoms with Crippen LogP contribution in [0.15, 0.2) is 24.4 Å². The Hall–Kier alpha value is -2.74. The fourth-order valence-electron chi connectivity index (χ4n) is 6.16. The van der Waals surface area contributed by atoms with Crippen LogP contribution in [-0.2, 0) is 0 Å². The van der Waals surface area contributed by atoms with Crippen LogP contribution in [0, 0.1) is 30.0 Å². The SMILES string of the molecule is Cc1cnc2c(N)c(C(=O)NC[C@@H](C)c3ccc(N4CC5CC6CCC65C4)c(F)c3)sc2n1. The Labute approximate surface area is 196 Å². The lowest BCUT2D eigenvalue weighted by Gasteiger charge is -2.60. The Kier molecular flexibility index (Phi) is 4.66. The standard InChI is InChI=1S/C25H28FN5OS/c1-13(9-29-23(32)22-20(27)21-24(33-22)30-14(2)10-28-21)15-3-4-19(18(26)7-15)31-11-17-8-16-5-6-25(16,17)12-31/h3-4,7,10,13,16-17H,5-6,8-9,11-12,27H2,1-2H3,(H,29,32)/t13-,16?,17?,25?/m1/s1. The number of nitrogens with zero attached hydrogens (tertiary/aromatic N) is 3. The van der Waals surface area contributed by atoms with Crippen molar-refractivity contribution in [2.24, 2.45) is 17.3 Å². The van der Waals surface area contributed by atoms with Gasteiger partial charge >= 0.3 is 0 Å². The molecule has 8 heteroatoms. The minimum atomic E-state index is -0.249. The Balaban J connectivity index is 1.12. The summed E-state index contributed by atoms with van der Waals surface area (Å²) < 4.78 is 15.1. The number of nitrogens with two attached hydrogens (primary N) is 1. The van der Waals surface area contributed by atoms with Crippen molar-refractivity contribution in [3.63, 3.8) is 0 Å². The van der Waals surface area contributed by atoms with E-state index in [4.69, 9.17) is 5.73 Å².